The molecule has 2 heterocycles. The van der Waals surface area contributed by atoms with Crippen molar-refractivity contribution in [2.24, 2.45) is 0 Å². The highest BCUT2D eigenvalue weighted by atomic mass is 16.5. The van der Waals surface area contributed by atoms with E-state index in [1.807, 2.05) is 12.1 Å². The Balaban J connectivity index is 2.07. The maximum atomic E-state index is 5.37. The average Bonchev–Trinajstić information content (AvgIpc) is 2.52. The second-order valence-electron chi connectivity index (χ2n) is 4.38. The largest absolute Gasteiger partial charge is 0.493 e. The number of hydrogen-bond acceptors (Lipinski definition) is 5. The van der Waals surface area contributed by atoms with Crippen molar-refractivity contribution in [1.82, 2.24) is 15.3 Å². The second kappa shape index (κ2) is 6.86. The summed E-state index contributed by atoms with van der Waals surface area (Å²) in [4.78, 5) is 8.36. The fraction of sp³-hybridized carbons (Fsp3) is 0.333. The molecule has 0 aromatic carbocycles. The first-order valence-corrected chi connectivity index (χ1v) is 6.45. The summed E-state index contributed by atoms with van der Waals surface area (Å²) >= 11 is 0. The first-order chi connectivity index (χ1) is 9.76. The highest BCUT2D eigenvalue weighted by Crippen LogP contribution is 2.29. The highest BCUT2D eigenvalue weighted by Gasteiger charge is 2.12. The molecule has 2 rings (SSSR count). The van der Waals surface area contributed by atoms with Crippen LogP contribution >= 0.6 is 0 Å². The van der Waals surface area contributed by atoms with Gasteiger partial charge in [0, 0.05) is 37.2 Å². The van der Waals surface area contributed by atoms with E-state index in [0.29, 0.717) is 18.0 Å². The molecular weight excluding hydrogens is 254 g/mol. The number of nitrogens with zero attached hydrogens (tertiary/aromatic N) is 2. The van der Waals surface area contributed by atoms with Gasteiger partial charge in [0.15, 0.2) is 11.5 Å². The van der Waals surface area contributed by atoms with E-state index in [0.717, 1.165) is 5.69 Å². The molecule has 106 valence electrons. The first-order valence-electron chi connectivity index (χ1n) is 6.45. The van der Waals surface area contributed by atoms with Crippen molar-refractivity contribution in [3.8, 4) is 11.5 Å². The summed E-state index contributed by atoms with van der Waals surface area (Å²) in [5.41, 5.74) is 2.01. The molecular formula is C15H19N3O2. The van der Waals surface area contributed by atoms with Crippen LogP contribution in [0.1, 0.15) is 24.2 Å². The molecule has 5 heteroatoms. The van der Waals surface area contributed by atoms with E-state index >= 15 is 0 Å². The molecule has 0 radical (unpaired) electrons. The molecule has 1 atom stereocenters. The molecule has 0 amide bonds. The van der Waals surface area contributed by atoms with Gasteiger partial charge in [0.2, 0.25) is 0 Å². The predicted molar refractivity (Wildman–Crippen MR) is 76.8 cm³/mol. The van der Waals surface area contributed by atoms with Crippen LogP contribution in [0.3, 0.4) is 0 Å². The summed E-state index contributed by atoms with van der Waals surface area (Å²) in [5.74, 6) is 1.36. The van der Waals surface area contributed by atoms with Crippen LogP contribution in [0.4, 0.5) is 0 Å². The molecule has 0 fully saturated rings. The number of nitrogens with one attached hydrogen (secondary N) is 1. The van der Waals surface area contributed by atoms with Crippen LogP contribution < -0.4 is 14.8 Å². The van der Waals surface area contributed by atoms with E-state index in [-0.39, 0.29) is 6.04 Å². The maximum Gasteiger partial charge on any atom is 0.183 e. The van der Waals surface area contributed by atoms with Crippen LogP contribution in [0.2, 0.25) is 0 Å². The van der Waals surface area contributed by atoms with Gasteiger partial charge >= 0.3 is 0 Å². The number of pyridine rings is 2. The zero-order valence-electron chi connectivity index (χ0n) is 12.0. The quantitative estimate of drug-likeness (QED) is 0.875. The third-order valence-electron chi connectivity index (χ3n) is 3.15. The predicted octanol–water partition coefficient (Wildman–Crippen LogP) is 2.34. The third-order valence-corrected chi connectivity index (χ3v) is 3.15. The number of rotatable bonds is 6. The van der Waals surface area contributed by atoms with Crippen LogP contribution in [0, 0.1) is 0 Å². The maximum absolute atomic E-state index is 5.37. The number of ether oxygens (including phenoxy) is 2. The Morgan fingerprint density at radius 2 is 1.85 bits per heavy atom. The van der Waals surface area contributed by atoms with E-state index in [2.05, 4.69) is 22.2 Å². The Hall–Kier alpha value is -2.14. The van der Waals surface area contributed by atoms with Crippen molar-refractivity contribution in [2.75, 3.05) is 14.2 Å². The van der Waals surface area contributed by atoms with Crippen molar-refractivity contribution >= 4 is 0 Å². The second-order valence-corrected chi connectivity index (χ2v) is 4.38. The molecule has 2 aromatic rings. The molecule has 5 nitrogen and oxygen atoms in total. The number of aromatic nitrogens is 2. The van der Waals surface area contributed by atoms with E-state index in [9.17, 15) is 0 Å². The lowest BCUT2D eigenvalue weighted by Gasteiger charge is -2.16. The van der Waals surface area contributed by atoms with Crippen molar-refractivity contribution in [2.45, 2.75) is 19.5 Å². The molecule has 0 bridgehead atoms. The van der Waals surface area contributed by atoms with Crippen LogP contribution in [0.25, 0.3) is 0 Å². The van der Waals surface area contributed by atoms with Crippen molar-refractivity contribution in [1.29, 1.82) is 0 Å². The summed E-state index contributed by atoms with van der Waals surface area (Å²) in [6.45, 7) is 2.70. The summed E-state index contributed by atoms with van der Waals surface area (Å²) in [6, 6.07) is 5.98. The summed E-state index contributed by atoms with van der Waals surface area (Å²) in [7, 11) is 3.24. The molecule has 1 N–H and O–H groups in total. The lowest BCUT2D eigenvalue weighted by atomic mass is 10.1. The van der Waals surface area contributed by atoms with Crippen molar-refractivity contribution < 1.29 is 9.47 Å². The van der Waals surface area contributed by atoms with Gasteiger partial charge in [-0.2, -0.15) is 0 Å². The first kappa shape index (κ1) is 14.3. The van der Waals surface area contributed by atoms with Crippen LogP contribution in [-0.2, 0) is 6.54 Å². The molecule has 0 aliphatic heterocycles. The monoisotopic (exact) mass is 273 g/mol. The van der Waals surface area contributed by atoms with Gasteiger partial charge in [0.1, 0.15) is 0 Å². The van der Waals surface area contributed by atoms with Gasteiger partial charge in [-0.25, -0.2) is 0 Å². The van der Waals surface area contributed by atoms with Gasteiger partial charge in [0.05, 0.1) is 19.9 Å². The lowest BCUT2D eigenvalue weighted by Crippen LogP contribution is -2.19. The number of methoxy groups -OCH3 is 2. The SMILES string of the molecule is COc1ccnc(CN[C@@H](C)c2ccncc2)c1OC. The molecule has 0 saturated heterocycles. The molecule has 20 heavy (non-hydrogen) atoms. The van der Waals surface area contributed by atoms with Crippen LogP contribution in [0.5, 0.6) is 11.5 Å². The van der Waals surface area contributed by atoms with Gasteiger partial charge in [-0.05, 0) is 24.6 Å². The van der Waals surface area contributed by atoms with Crippen molar-refractivity contribution in [3.05, 3.63) is 48.0 Å². The van der Waals surface area contributed by atoms with E-state index < -0.39 is 0 Å². The van der Waals surface area contributed by atoms with Crippen molar-refractivity contribution in [3.63, 3.8) is 0 Å². The van der Waals surface area contributed by atoms with Gasteiger partial charge in [-0.15, -0.1) is 0 Å². The van der Waals surface area contributed by atoms with Crippen LogP contribution in [0.15, 0.2) is 36.8 Å². The Kier molecular flexibility index (Phi) is 4.90. The molecule has 2 aromatic heterocycles. The van der Waals surface area contributed by atoms with Gasteiger partial charge < -0.3 is 14.8 Å². The fourth-order valence-corrected chi connectivity index (χ4v) is 2.00. The van der Waals surface area contributed by atoms with E-state index in [1.165, 1.54) is 5.56 Å². The summed E-state index contributed by atoms with van der Waals surface area (Å²) in [6.07, 6.45) is 5.30. The Labute approximate surface area is 119 Å². The Bertz CT molecular complexity index is 546. The van der Waals surface area contributed by atoms with Gasteiger partial charge in [-0.1, -0.05) is 0 Å². The fourth-order valence-electron chi connectivity index (χ4n) is 2.00. The van der Waals surface area contributed by atoms with Gasteiger partial charge in [-0.3, -0.25) is 9.97 Å². The molecule has 0 aliphatic rings. The molecule has 0 unspecified atom stereocenters. The normalized spacial score (nSPS) is 11.9. The highest BCUT2D eigenvalue weighted by molar-refractivity contribution is 5.42. The van der Waals surface area contributed by atoms with E-state index in [1.54, 1.807) is 38.9 Å². The molecule has 0 aliphatic carbocycles. The topological polar surface area (TPSA) is 56.3 Å². The third kappa shape index (κ3) is 3.24. The lowest BCUT2D eigenvalue weighted by molar-refractivity contribution is 0.347. The van der Waals surface area contributed by atoms with E-state index in [4.69, 9.17) is 9.47 Å². The minimum Gasteiger partial charge on any atom is -0.493 e. The Morgan fingerprint density at radius 3 is 2.50 bits per heavy atom. The minimum atomic E-state index is 0.204. The number of hydrogen-bond donors (Lipinski definition) is 1. The van der Waals surface area contributed by atoms with Gasteiger partial charge in [0.25, 0.3) is 0 Å². The van der Waals surface area contributed by atoms with Crippen LogP contribution in [-0.4, -0.2) is 24.2 Å². The Morgan fingerprint density at radius 1 is 1.10 bits per heavy atom. The minimum absolute atomic E-state index is 0.204. The smallest absolute Gasteiger partial charge is 0.183 e. The summed E-state index contributed by atoms with van der Waals surface area (Å²) in [5, 5.41) is 3.42. The molecule has 0 saturated carbocycles. The standard InChI is InChI=1S/C15H19N3O2/c1-11(12-4-7-16-8-5-12)18-10-13-15(20-3)14(19-2)6-9-17-13/h4-9,11,18H,10H2,1-3H3/t11-/m0/s1. The average molecular weight is 273 g/mol. The molecule has 0 spiro atoms. The summed E-state index contributed by atoms with van der Waals surface area (Å²) < 4.78 is 10.6. The zero-order chi connectivity index (χ0) is 14.4. The zero-order valence-corrected chi connectivity index (χ0v) is 12.0.